The number of halogens is 1. The zero-order valence-electron chi connectivity index (χ0n) is 15.7. The smallest absolute Gasteiger partial charge is 0.256 e. The Morgan fingerprint density at radius 1 is 0.929 bits per heavy atom. The lowest BCUT2D eigenvalue weighted by Gasteiger charge is -2.13. The largest absolute Gasteiger partial charge is 0.322 e. The van der Waals surface area contributed by atoms with Crippen LogP contribution in [0.4, 0.5) is 5.69 Å². The van der Waals surface area contributed by atoms with E-state index in [0.717, 1.165) is 43.4 Å². The average molecular weight is 431 g/mol. The molecule has 1 heterocycles. The Morgan fingerprint density at radius 2 is 1.64 bits per heavy atom. The van der Waals surface area contributed by atoms with Crippen molar-refractivity contribution in [2.75, 3.05) is 5.32 Å². The van der Waals surface area contributed by atoms with Crippen molar-refractivity contribution in [1.29, 1.82) is 0 Å². The third-order valence-electron chi connectivity index (χ3n) is 4.66. The molecule has 0 unspecified atom stereocenters. The molecule has 4 aromatic rings. The number of anilines is 1. The molecule has 138 valence electrons. The van der Waals surface area contributed by atoms with Crippen molar-refractivity contribution in [1.82, 2.24) is 4.98 Å². The fourth-order valence-corrected chi connectivity index (χ4v) is 3.62. The number of hydrogen-bond donors (Lipinski definition) is 1. The number of hydrogen-bond acceptors (Lipinski definition) is 2. The summed E-state index contributed by atoms with van der Waals surface area (Å²) in [5.74, 6) is -0.137. The Kier molecular flexibility index (Phi) is 4.97. The number of fused-ring (bicyclic) bond motifs is 1. The summed E-state index contributed by atoms with van der Waals surface area (Å²) in [4.78, 5) is 18.0. The summed E-state index contributed by atoms with van der Waals surface area (Å²) in [6, 6.07) is 23.5. The van der Waals surface area contributed by atoms with Crippen molar-refractivity contribution >= 4 is 38.4 Å². The van der Waals surface area contributed by atoms with Gasteiger partial charge in [0, 0.05) is 21.1 Å². The Labute approximate surface area is 172 Å². The highest BCUT2D eigenvalue weighted by Crippen LogP contribution is 2.29. The first-order chi connectivity index (χ1) is 13.5. The van der Waals surface area contributed by atoms with Crippen molar-refractivity contribution in [2.24, 2.45) is 0 Å². The standard InChI is InChI=1S/C24H19BrN2O/c1-15-12-16(2)23-20(13-15)21(24(28)26-19-6-4-3-5-7-19)14-22(27-23)17-8-10-18(25)11-9-17/h3-14H,1-2H3,(H,26,28). The Bertz CT molecular complexity index is 1170. The maximum absolute atomic E-state index is 13.1. The van der Waals surface area contributed by atoms with Gasteiger partial charge in [0.15, 0.2) is 0 Å². The third kappa shape index (κ3) is 3.69. The van der Waals surface area contributed by atoms with Crippen LogP contribution in [0.15, 0.2) is 77.3 Å². The normalized spacial score (nSPS) is 10.8. The molecule has 0 spiro atoms. The molecule has 3 nitrogen and oxygen atoms in total. The zero-order chi connectivity index (χ0) is 19.7. The SMILES string of the molecule is Cc1cc(C)c2nc(-c3ccc(Br)cc3)cc(C(=O)Nc3ccccc3)c2c1. The van der Waals surface area contributed by atoms with Crippen LogP contribution in [0.25, 0.3) is 22.2 Å². The number of carbonyl (C=O) groups excluding carboxylic acids is 1. The molecule has 0 fully saturated rings. The molecular weight excluding hydrogens is 412 g/mol. The van der Waals surface area contributed by atoms with Crippen molar-refractivity contribution in [3.63, 3.8) is 0 Å². The fraction of sp³-hybridized carbons (Fsp3) is 0.0833. The van der Waals surface area contributed by atoms with Gasteiger partial charge in [-0.1, -0.05) is 57.9 Å². The van der Waals surface area contributed by atoms with Crippen LogP contribution in [0.3, 0.4) is 0 Å². The second kappa shape index (κ2) is 7.56. The van der Waals surface area contributed by atoms with E-state index in [1.807, 2.05) is 80.6 Å². The van der Waals surface area contributed by atoms with Crippen LogP contribution in [-0.2, 0) is 0 Å². The highest BCUT2D eigenvalue weighted by Gasteiger charge is 2.16. The monoisotopic (exact) mass is 430 g/mol. The molecule has 3 aromatic carbocycles. The first-order valence-electron chi connectivity index (χ1n) is 9.05. The number of aryl methyl sites for hydroxylation is 2. The number of amides is 1. The minimum absolute atomic E-state index is 0.137. The molecule has 0 aliphatic rings. The van der Waals surface area contributed by atoms with Crippen molar-refractivity contribution in [2.45, 2.75) is 13.8 Å². The van der Waals surface area contributed by atoms with Crippen molar-refractivity contribution < 1.29 is 4.79 Å². The maximum Gasteiger partial charge on any atom is 0.256 e. The molecule has 1 N–H and O–H groups in total. The molecule has 0 saturated carbocycles. The van der Waals surface area contributed by atoms with E-state index < -0.39 is 0 Å². The number of benzene rings is 3. The molecule has 4 rings (SSSR count). The third-order valence-corrected chi connectivity index (χ3v) is 5.19. The van der Waals surface area contributed by atoms with Crippen LogP contribution in [-0.4, -0.2) is 10.9 Å². The number of carbonyl (C=O) groups is 1. The van der Waals surface area contributed by atoms with E-state index in [0.29, 0.717) is 5.56 Å². The lowest BCUT2D eigenvalue weighted by atomic mass is 9.99. The summed E-state index contributed by atoms with van der Waals surface area (Å²) in [7, 11) is 0. The summed E-state index contributed by atoms with van der Waals surface area (Å²) in [5, 5.41) is 3.87. The Hall–Kier alpha value is -2.98. The number of para-hydroxylation sites is 1. The van der Waals surface area contributed by atoms with E-state index >= 15 is 0 Å². The second-order valence-electron chi connectivity index (χ2n) is 6.86. The molecule has 0 saturated heterocycles. The first kappa shape index (κ1) is 18.4. The quantitative estimate of drug-likeness (QED) is 0.401. The van der Waals surface area contributed by atoms with E-state index in [-0.39, 0.29) is 5.91 Å². The molecule has 1 amide bonds. The van der Waals surface area contributed by atoms with E-state index in [9.17, 15) is 4.79 Å². The van der Waals surface area contributed by atoms with Gasteiger partial charge >= 0.3 is 0 Å². The van der Waals surface area contributed by atoms with Crippen LogP contribution in [0.5, 0.6) is 0 Å². The van der Waals surface area contributed by atoms with Gasteiger partial charge in [-0.3, -0.25) is 4.79 Å². The summed E-state index contributed by atoms with van der Waals surface area (Å²) in [6.45, 7) is 4.07. The molecule has 0 aliphatic carbocycles. The number of aromatic nitrogens is 1. The Balaban J connectivity index is 1.89. The van der Waals surface area contributed by atoms with Gasteiger partial charge in [-0.25, -0.2) is 4.98 Å². The van der Waals surface area contributed by atoms with E-state index in [2.05, 4.69) is 27.3 Å². The molecule has 0 atom stereocenters. The number of pyridine rings is 1. The summed E-state index contributed by atoms with van der Waals surface area (Å²) < 4.78 is 1.01. The van der Waals surface area contributed by atoms with Gasteiger partial charge in [-0.2, -0.15) is 0 Å². The summed E-state index contributed by atoms with van der Waals surface area (Å²) in [6.07, 6.45) is 0. The van der Waals surface area contributed by atoms with Crippen LogP contribution in [0, 0.1) is 13.8 Å². The maximum atomic E-state index is 13.1. The van der Waals surface area contributed by atoms with Crippen LogP contribution >= 0.6 is 15.9 Å². The van der Waals surface area contributed by atoms with Gasteiger partial charge in [0.25, 0.3) is 5.91 Å². The molecular formula is C24H19BrN2O. The molecule has 0 aliphatic heterocycles. The topological polar surface area (TPSA) is 42.0 Å². The van der Waals surface area contributed by atoms with E-state index in [1.165, 1.54) is 0 Å². The van der Waals surface area contributed by atoms with Crippen LogP contribution in [0.1, 0.15) is 21.5 Å². The number of rotatable bonds is 3. The lowest BCUT2D eigenvalue weighted by molar-refractivity contribution is 0.102. The van der Waals surface area contributed by atoms with E-state index in [4.69, 9.17) is 4.98 Å². The predicted molar refractivity (Wildman–Crippen MR) is 119 cm³/mol. The van der Waals surface area contributed by atoms with Crippen LogP contribution in [0.2, 0.25) is 0 Å². The van der Waals surface area contributed by atoms with E-state index in [1.54, 1.807) is 0 Å². The minimum Gasteiger partial charge on any atom is -0.322 e. The van der Waals surface area contributed by atoms with Gasteiger partial charge in [-0.15, -0.1) is 0 Å². The van der Waals surface area contributed by atoms with Gasteiger partial charge in [0.2, 0.25) is 0 Å². The zero-order valence-corrected chi connectivity index (χ0v) is 17.2. The summed E-state index contributed by atoms with van der Waals surface area (Å²) >= 11 is 3.47. The highest BCUT2D eigenvalue weighted by molar-refractivity contribution is 9.10. The number of nitrogens with zero attached hydrogens (tertiary/aromatic N) is 1. The number of nitrogens with one attached hydrogen (secondary N) is 1. The minimum atomic E-state index is -0.137. The molecule has 0 bridgehead atoms. The van der Waals surface area contributed by atoms with Gasteiger partial charge < -0.3 is 5.32 Å². The molecule has 1 aromatic heterocycles. The average Bonchev–Trinajstić information content (AvgIpc) is 2.68. The van der Waals surface area contributed by atoms with Gasteiger partial charge in [0.05, 0.1) is 16.8 Å². The second-order valence-corrected chi connectivity index (χ2v) is 7.78. The molecule has 4 heteroatoms. The van der Waals surface area contributed by atoms with Gasteiger partial charge in [0.1, 0.15) is 0 Å². The van der Waals surface area contributed by atoms with Crippen molar-refractivity contribution in [3.05, 3.63) is 94.0 Å². The molecule has 0 radical (unpaired) electrons. The first-order valence-corrected chi connectivity index (χ1v) is 9.85. The fourth-order valence-electron chi connectivity index (χ4n) is 3.36. The van der Waals surface area contributed by atoms with Gasteiger partial charge in [-0.05, 0) is 55.8 Å². The van der Waals surface area contributed by atoms with Crippen LogP contribution < -0.4 is 5.32 Å². The highest BCUT2D eigenvalue weighted by atomic mass is 79.9. The lowest BCUT2D eigenvalue weighted by Crippen LogP contribution is -2.13. The van der Waals surface area contributed by atoms with Crippen molar-refractivity contribution in [3.8, 4) is 11.3 Å². The molecule has 28 heavy (non-hydrogen) atoms. The summed E-state index contributed by atoms with van der Waals surface area (Å²) in [5.41, 5.74) is 6.17. The Morgan fingerprint density at radius 3 is 2.36 bits per heavy atom. The predicted octanol–water partition coefficient (Wildman–Crippen LogP) is 6.53.